The first-order valence-corrected chi connectivity index (χ1v) is 7.16. The van der Waals surface area contributed by atoms with Crippen LogP contribution in [0.1, 0.15) is 54.4 Å². The minimum absolute atomic E-state index is 0.261. The maximum absolute atomic E-state index is 5.61. The predicted molar refractivity (Wildman–Crippen MR) is 80.4 cm³/mol. The first-order chi connectivity index (χ1) is 8.36. The molecule has 0 unspecified atom stereocenters. The minimum atomic E-state index is 0.261. The number of hydrogen-bond acceptors (Lipinski definition) is 2. The van der Waals surface area contributed by atoms with Crippen molar-refractivity contribution >= 4 is 5.96 Å². The van der Waals surface area contributed by atoms with Crippen LogP contribution in [0.3, 0.4) is 0 Å². The van der Waals surface area contributed by atoms with E-state index in [1.807, 2.05) is 0 Å². The zero-order valence-electron chi connectivity index (χ0n) is 13.0. The lowest BCUT2D eigenvalue weighted by Crippen LogP contribution is -2.46. The number of rotatable bonds is 7. The molecular weight excluding hydrogens is 224 g/mol. The molecule has 0 saturated carbocycles. The standard InChI is InChI=1S/C14H32N4/c1-11(2)7-9-18(10-8-12(3)4)14(17-15)16-13(5)6/h11-13H,7-10,15H2,1-6H3,(H,16,17). The molecule has 0 rings (SSSR count). The summed E-state index contributed by atoms with van der Waals surface area (Å²) in [6.45, 7) is 15.2. The maximum atomic E-state index is 5.61. The van der Waals surface area contributed by atoms with Gasteiger partial charge in [0.25, 0.3) is 0 Å². The van der Waals surface area contributed by atoms with Crippen molar-refractivity contribution in [2.75, 3.05) is 13.1 Å². The van der Waals surface area contributed by atoms with Crippen LogP contribution in [0.5, 0.6) is 0 Å². The van der Waals surface area contributed by atoms with Crippen molar-refractivity contribution in [1.29, 1.82) is 0 Å². The Hall–Kier alpha value is -0.770. The van der Waals surface area contributed by atoms with Crippen LogP contribution in [0.2, 0.25) is 0 Å². The van der Waals surface area contributed by atoms with Crippen molar-refractivity contribution in [2.45, 2.75) is 60.4 Å². The number of hydrazine groups is 1. The van der Waals surface area contributed by atoms with Crippen molar-refractivity contribution < 1.29 is 0 Å². The van der Waals surface area contributed by atoms with Crippen molar-refractivity contribution in [1.82, 2.24) is 10.3 Å². The van der Waals surface area contributed by atoms with E-state index in [1.165, 1.54) is 0 Å². The Morgan fingerprint density at radius 2 is 1.44 bits per heavy atom. The van der Waals surface area contributed by atoms with E-state index in [0.29, 0.717) is 11.8 Å². The van der Waals surface area contributed by atoms with Crippen LogP contribution >= 0.6 is 0 Å². The normalized spacial score (nSPS) is 12.7. The van der Waals surface area contributed by atoms with E-state index in [9.17, 15) is 0 Å². The molecule has 0 aliphatic rings. The van der Waals surface area contributed by atoms with Crippen molar-refractivity contribution in [3.05, 3.63) is 0 Å². The van der Waals surface area contributed by atoms with Gasteiger partial charge >= 0.3 is 0 Å². The molecule has 0 aromatic heterocycles. The zero-order chi connectivity index (χ0) is 14.1. The third-order valence-electron chi connectivity index (χ3n) is 2.76. The first kappa shape index (κ1) is 17.2. The van der Waals surface area contributed by atoms with Gasteiger partial charge in [-0.1, -0.05) is 27.7 Å². The molecule has 0 aromatic carbocycles. The highest BCUT2D eigenvalue weighted by Crippen LogP contribution is 2.07. The summed E-state index contributed by atoms with van der Waals surface area (Å²) in [7, 11) is 0. The molecule has 0 aliphatic carbocycles. The van der Waals surface area contributed by atoms with Gasteiger partial charge in [-0.25, -0.2) is 10.8 Å². The Balaban J connectivity index is 4.59. The molecule has 18 heavy (non-hydrogen) atoms. The van der Waals surface area contributed by atoms with E-state index in [-0.39, 0.29) is 6.04 Å². The molecule has 0 fully saturated rings. The summed E-state index contributed by atoms with van der Waals surface area (Å²) in [5.74, 6) is 7.84. The van der Waals surface area contributed by atoms with E-state index >= 15 is 0 Å². The lowest BCUT2D eigenvalue weighted by Gasteiger charge is -2.27. The van der Waals surface area contributed by atoms with Gasteiger partial charge in [0.1, 0.15) is 0 Å². The summed E-state index contributed by atoms with van der Waals surface area (Å²) in [4.78, 5) is 6.84. The van der Waals surface area contributed by atoms with Gasteiger partial charge in [0, 0.05) is 19.1 Å². The van der Waals surface area contributed by atoms with Gasteiger partial charge < -0.3 is 4.90 Å². The number of guanidine groups is 1. The topological polar surface area (TPSA) is 53.6 Å². The summed E-state index contributed by atoms with van der Waals surface area (Å²) in [5, 5.41) is 0. The van der Waals surface area contributed by atoms with Gasteiger partial charge in [-0.15, -0.1) is 0 Å². The lowest BCUT2D eigenvalue weighted by molar-refractivity contribution is 0.342. The molecule has 0 atom stereocenters. The third-order valence-corrected chi connectivity index (χ3v) is 2.76. The zero-order valence-corrected chi connectivity index (χ0v) is 13.0. The molecule has 0 amide bonds. The number of nitrogens with one attached hydrogen (secondary N) is 1. The van der Waals surface area contributed by atoms with Gasteiger partial charge in [0.15, 0.2) is 0 Å². The molecule has 3 N–H and O–H groups in total. The second kappa shape index (κ2) is 9.20. The summed E-state index contributed by atoms with van der Waals surface area (Å²) < 4.78 is 0. The van der Waals surface area contributed by atoms with E-state index in [1.54, 1.807) is 0 Å². The summed E-state index contributed by atoms with van der Waals surface area (Å²) in [6.07, 6.45) is 2.33. The van der Waals surface area contributed by atoms with Crippen LogP contribution in [-0.4, -0.2) is 30.0 Å². The van der Waals surface area contributed by atoms with Crippen LogP contribution in [-0.2, 0) is 0 Å². The Morgan fingerprint density at radius 1 is 1.00 bits per heavy atom. The largest absolute Gasteiger partial charge is 0.342 e. The van der Waals surface area contributed by atoms with Crippen LogP contribution < -0.4 is 11.3 Å². The van der Waals surface area contributed by atoms with Gasteiger partial charge in [0.05, 0.1) is 0 Å². The average molecular weight is 256 g/mol. The van der Waals surface area contributed by atoms with E-state index in [2.05, 4.69) is 56.9 Å². The first-order valence-electron chi connectivity index (χ1n) is 7.16. The molecule has 4 heteroatoms. The lowest BCUT2D eigenvalue weighted by atomic mass is 10.1. The molecule has 0 radical (unpaired) electrons. The fourth-order valence-electron chi connectivity index (χ4n) is 1.61. The van der Waals surface area contributed by atoms with Gasteiger partial charge in [-0.3, -0.25) is 5.43 Å². The molecule has 0 saturated heterocycles. The Labute approximate surface area is 113 Å². The minimum Gasteiger partial charge on any atom is -0.342 e. The van der Waals surface area contributed by atoms with E-state index < -0.39 is 0 Å². The summed E-state index contributed by atoms with van der Waals surface area (Å²) >= 11 is 0. The second-order valence-electron chi connectivity index (χ2n) is 6.04. The number of hydrogen-bond donors (Lipinski definition) is 2. The second-order valence-corrected chi connectivity index (χ2v) is 6.04. The monoisotopic (exact) mass is 256 g/mol. The average Bonchev–Trinajstić information content (AvgIpc) is 2.25. The van der Waals surface area contributed by atoms with Gasteiger partial charge in [0.2, 0.25) is 5.96 Å². The molecule has 0 aliphatic heterocycles. The molecule has 108 valence electrons. The Morgan fingerprint density at radius 3 is 1.72 bits per heavy atom. The number of nitrogens with two attached hydrogens (primary N) is 1. The maximum Gasteiger partial charge on any atom is 0.208 e. The summed E-state index contributed by atoms with van der Waals surface area (Å²) in [6, 6.07) is 0.261. The van der Waals surface area contributed by atoms with Crippen LogP contribution in [0, 0.1) is 11.8 Å². The van der Waals surface area contributed by atoms with E-state index in [0.717, 1.165) is 31.9 Å². The van der Waals surface area contributed by atoms with Gasteiger partial charge in [-0.2, -0.15) is 0 Å². The van der Waals surface area contributed by atoms with E-state index in [4.69, 9.17) is 5.84 Å². The van der Waals surface area contributed by atoms with Crippen molar-refractivity contribution in [2.24, 2.45) is 22.7 Å². The number of aliphatic imine (C=N–C) groups is 1. The molecule has 0 spiro atoms. The molecule has 0 heterocycles. The smallest absolute Gasteiger partial charge is 0.208 e. The third kappa shape index (κ3) is 8.34. The van der Waals surface area contributed by atoms with Crippen LogP contribution in [0.15, 0.2) is 4.99 Å². The molecule has 0 aromatic rings. The molecule has 4 nitrogen and oxygen atoms in total. The SMILES string of the molecule is CC(C)CCN(CCC(C)C)C(=NC(C)C)NN. The van der Waals surface area contributed by atoms with Crippen molar-refractivity contribution in [3.63, 3.8) is 0 Å². The van der Waals surface area contributed by atoms with Crippen LogP contribution in [0.4, 0.5) is 0 Å². The molecule has 0 bridgehead atoms. The fraction of sp³-hybridized carbons (Fsp3) is 0.929. The van der Waals surface area contributed by atoms with Crippen molar-refractivity contribution in [3.8, 4) is 0 Å². The molecular formula is C14H32N4. The summed E-state index contributed by atoms with van der Waals surface area (Å²) in [5.41, 5.74) is 2.76. The fourth-order valence-corrected chi connectivity index (χ4v) is 1.61. The Kier molecular flexibility index (Phi) is 8.81. The van der Waals surface area contributed by atoms with Gasteiger partial charge in [-0.05, 0) is 38.5 Å². The quantitative estimate of drug-likeness (QED) is 0.319. The Bertz CT molecular complexity index is 222. The highest BCUT2D eigenvalue weighted by Gasteiger charge is 2.12. The predicted octanol–water partition coefficient (Wildman–Crippen LogP) is 2.61. The highest BCUT2D eigenvalue weighted by atomic mass is 15.4. The highest BCUT2D eigenvalue weighted by molar-refractivity contribution is 5.79. The number of nitrogens with zero attached hydrogens (tertiary/aromatic N) is 2. The van der Waals surface area contributed by atoms with Crippen LogP contribution in [0.25, 0.3) is 0 Å².